The number of nitrogens with one attached hydrogen (secondary N) is 2. The van der Waals surface area contributed by atoms with Crippen LogP contribution in [0.25, 0.3) is 0 Å². The molecule has 1 aliphatic heterocycles. The minimum Gasteiger partial charge on any atom is -0.459 e. The number of anilines is 1. The maximum Gasteiger partial charge on any atom is 0.338 e. The van der Waals surface area contributed by atoms with Crippen molar-refractivity contribution < 1.29 is 19.1 Å². The van der Waals surface area contributed by atoms with Crippen molar-refractivity contribution in [3.63, 3.8) is 0 Å². The molecule has 170 valence electrons. The topological polar surface area (TPSA) is 87.7 Å². The summed E-state index contributed by atoms with van der Waals surface area (Å²) >= 11 is 0. The van der Waals surface area contributed by atoms with Crippen LogP contribution < -0.4 is 10.6 Å². The zero-order chi connectivity index (χ0) is 23.0. The number of allylic oxidation sites excluding steroid dienone is 1. The second kappa shape index (κ2) is 11.5. The second-order valence-electron chi connectivity index (χ2n) is 8.23. The van der Waals surface area contributed by atoms with E-state index >= 15 is 0 Å². The maximum absolute atomic E-state index is 12.7. The van der Waals surface area contributed by atoms with Gasteiger partial charge in [-0.25, -0.2) is 9.59 Å². The number of carbonyl (C=O) groups is 3. The van der Waals surface area contributed by atoms with E-state index in [-0.39, 0.29) is 18.0 Å². The number of rotatable bonds is 10. The number of benzene rings is 1. The van der Waals surface area contributed by atoms with Crippen molar-refractivity contribution in [1.29, 1.82) is 0 Å². The highest BCUT2D eigenvalue weighted by Crippen LogP contribution is 2.31. The number of urea groups is 1. The van der Waals surface area contributed by atoms with Gasteiger partial charge in [0, 0.05) is 24.9 Å². The predicted octanol–water partition coefficient (Wildman–Crippen LogP) is 4.91. The Bertz CT molecular complexity index is 815. The van der Waals surface area contributed by atoms with Crippen LogP contribution in [0.3, 0.4) is 0 Å². The van der Waals surface area contributed by atoms with Gasteiger partial charge in [0.1, 0.15) is 0 Å². The van der Waals surface area contributed by atoms with Crippen LogP contribution >= 0.6 is 0 Å². The van der Waals surface area contributed by atoms with Gasteiger partial charge in [-0.05, 0) is 44.9 Å². The van der Waals surface area contributed by atoms with E-state index in [1.165, 1.54) is 17.7 Å². The molecule has 3 amide bonds. The molecule has 0 bridgehead atoms. The lowest BCUT2D eigenvalue weighted by Gasteiger charge is -2.33. The highest BCUT2D eigenvalue weighted by molar-refractivity contribution is 5.95. The Morgan fingerprint density at radius 2 is 1.77 bits per heavy atom. The van der Waals surface area contributed by atoms with Gasteiger partial charge in [0.2, 0.25) is 5.91 Å². The van der Waals surface area contributed by atoms with E-state index in [1.807, 2.05) is 12.1 Å². The van der Waals surface area contributed by atoms with Crippen molar-refractivity contribution in [1.82, 2.24) is 10.2 Å². The Morgan fingerprint density at radius 1 is 1.13 bits per heavy atom. The van der Waals surface area contributed by atoms with Crippen molar-refractivity contribution in [2.24, 2.45) is 0 Å². The largest absolute Gasteiger partial charge is 0.459 e. The Labute approximate surface area is 185 Å². The summed E-state index contributed by atoms with van der Waals surface area (Å²) in [6.45, 7) is 7.48. The summed E-state index contributed by atoms with van der Waals surface area (Å²) in [5.74, 6) is -0.460. The van der Waals surface area contributed by atoms with Gasteiger partial charge in [0.15, 0.2) is 0 Å². The van der Waals surface area contributed by atoms with Crippen LogP contribution in [0.1, 0.15) is 77.8 Å². The number of esters is 1. The predicted molar refractivity (Wildman–Crippen MR) is 121 cm³/mol. The van der Waals surface area contributed by atoms with E-state index in [1.54, 1.807) is 40.0 Å². The molecule has 0 spiro atoms. The molecule has 7 nitrogen and oxygen atoms in total. The molecular weight excluding hydrogens is 394 g/mol. The fourth-order valence-electron chi connectivity index (χ4n) is 3.50. The zero-order valence-corrected chi connectivity index (χ0v) is 19.3. The molecule has 1 aromatic rings. The summed E-state index contributed by atoms with van der Waals surface area (Å²) in [6.07, 6.45) is 5.74. The van der Waals surface area contributed by atoms with Gasteiger partial charge in [-0.15, -0.1) is 0 Å². The summed E-state index contributed by atoms with van der Waals surface area (Å²) < 4.78 is 5.40. The van der Waals surface area contributed by atoms with E-state index in [4.69, 9.17) is 4.74 Å². The van der Waals surface area contributed by atoms with Gasteiger partial charge in [-0.2, -0.15) is 0 Å². The third-order valence-electron chi connectivity index (χ3n) is 5.35. The Balaban J connectivity index is 2.09. The normalized spacial score (nSPS) is 16.4. The molecule has 0 saturated heterocycles. The number of nitrogens with zero attached hydrogens (tertiary/aromatic N) is 1. The van der Waals surface area contributed by atoms with Gasteiger partial charge in [-0.1, -0.05) is 44.7 Å². The minimum atomic E-state index is -0.613. The third kappa shape index (κ3) is 6.84. The van der Waals surface area contributed by atoms with Crippen LogP contribution in [0, 0.1) is 0 Å². The minimum absolute atomic E-state index is 0.00576. The lowest BCUT2D eigenvalue weighted by molar-refractivity contribution is -0.143. The zero-order valence-electron chi connectivity index (χ0n) is 19.3. The molecule has 0 fully saturated rings. The average molecular weight is 430 g/mol. The number of carbonyl (C=O) groups excluding carboxylic acids is 3. The van der Waals surface area contributed by atoms with Crippen molar-refractivity contribution in [2.45, 2.75) is 78.4 Å². The monoisotopic (exact) mass is 429 g/mol. The lowest BCUT2D eigenvalue weighted by atomic mass is 9.95. The molecule has 2 N–H and O–H groups in total. The third-order valence-corrected chi connectivity index (χ3v) is 5.35. The van der Waals surface area contributed by atoms with Crippen LogP contribution in [0.5, 0.6) is 0 Å². The average Bonchev–Trinajstić information content (AvgIpc) is 2.71. The van der Waals surface area contributed by atoms with Gasteiger partial charge in [0.05, 0.1) is 17.7 Å². The summed E-state index contributed by atoms with van der Waals surface area (Å²) in [7, 11) is 1.62. The van der Waals surface area contributed by atoms with Crippen molar-refractivity contribution in [3.05, 3.63) is 41.1 Å². The number of hydrogen-bond donors (Lipinski definition) is 2. The van der Waals surface area contributed by atoms with Crippen molar-refractivity contribution in [3.8, 4) is 0 Å². The van der Waals surface area contributed by atoms with E-state index in [0.29, 0.717) is 23.4 Å². The van der Waals surface area contributed by atoms with E-state index in [2.05, 4.69) is 17.6 Å². The van der Waals surface area contributed by atoms with E-state index in [9.17, 15) is 14.4 Å². The Kier molecular flexibility index (Phi) is 9.09. The number of ether oxygens (including phenoxy) is 1. The first-order chi connectivity index (χ1) is 14.7. The second-order valence-corrected chi connectivity index (χ2v) is 8.23. The maximum atomic E-state index is 12.7. The molecule has 0 aromatic heterocycles. The molecule has 0 radical (unpaired) electrons. The molecule has 0 saturated carbocycles. The molecule has 1 heterocycles. The van der Waals surface area contributed by atoms with Crippen LogP contribution in [0.2, 0.25) is 0 Å². The summed E-state index contributed by atoms with van der Waals surface area (Å²) in [5, 5.41) is 5.77. The first-order valence-corrected chi connectivity index (χ1v) is 11.1. The van der Waals surface area contributed by atoms with E-state index < -0.39 is 12.0 Å². The first kappa shape index (κ1) is 24.4. The quantitative estimate of drug-likeness (QED) is 0.409. The molecule has 7 heteroatoms. The highest BCUT2D eigenvalue weighted by atomic mass is 16.5. The molecule has 1 unspecified atom stereocenters. The smallest absolute Gasteiger partial charge is 0.338 e. The molecule has 1 atom stereocenters. The van der Waals surface area contributed by atoms with Crippen LogP contribution in [0.15, 0.2) is 35.5 Å². The molecule has 31 heavy (non-hydrogen) atoms. The molecular formula is C24H35N3O4. The molecule has 1 aliphatic rings. The van der Waals surface area contributed by atoms with E-state index in [0.717, 1.165) is 24.8 Å². The number of amides is 3. The Hall–Kier alpha value is -2.83. The molecule has 1 aromatic carbocycles. The standard InChI is InChI=1S/C24H35N3O4/c1-6-7-8-9-10-11-20(28)25-19-14-12-18(13-15-19)22-21(23(29)31-16(2)3)17(4)27(5)24(30)26-22/h12-16,22H,6-11H2,1-5H3,(H,25,28)(H,26,30). The SMILES string of the molecule is CCCCCCCC(=O)Nc1ccc(C2NC(=O)N(C)C(C)=C2C(=O)OC(C)C)cc1. The first-order valence-electron chi connectivity index (χ1n) is 11.1. The van der Waals surface area contributed by atoms with Gasteiger partial charge in [-0.3, -0.25) is 4.79 Å². The van der Waals surface area contributed by atoms with Crippen LogP contribution in [0.4, 0.5) is 10.5 Å². The molecule has 0 aliphatic carbocycles. The fourth-order valence-corrected chi connectivity index (χ4v) is 3.50. The molecule has 2 rings (SSSR count). The summed E-state index contributed by atoms with van der Waals surface area (Å²) in [4.78, 5) is 38.6. The number of hydrogen-bond acceptors (Lipinski definition) is 4. The van der Waals surface area contributed by atoms with Crippen LogP contribution in [-0.2, 0) is 14.3 Å². The number of unbranched alkanes of at least 4 members (excludes halogenated alkanes) is 4. The van der Waals surface area contributed by atoms with Crippen molar-refractivity contribution >= 4 is 23.6 Å². The van der Waals surface area contributed by atoms with Crippen molar-refractivity contribution in [2.75, 3.05) is 12.4 Å². The summed E-state index contributed by atoms with van der Waals surface area (Å²) in [6, 6.07) is 6.29. The lowest BCUT2D eigenvalue weighted by Crippen LogP contribution is -2.46. The van der Waals surface area contributed by atoms with Crippen LogP contribution in [-0.4, -0.2) is 36.0 Å². The summed E-state index contributed by atoms with van der Waals surface area (Å²) in [5.41, 5.74) is 2.39. The highest BCUT2D eigenvalue weighted by Gasteiger charge is 2.35. The van der Waals surface area contributed by atoms with Gasteiger partial charge >= 0.3 is 12.0 Å². The Morgan fingerprint density at radius 3 is 2.39 bits per heavy atom. The van der Waals surface area contributed by atoms with Gasteiger partial charge < -0.3 is 20.3 Å². The van der Waals surface area contributed by atoms with Gasteiger partial charge in [0.25, 0.3) is 0 Å². The fraction of sp³-hybridized carbons (Fsp3) is 0.542.